The highest BCUT2D eigenvalue weighted by Crippen LogP contribution is 2.33. The first kappa shape index (κ1) is 12.9. The highest BCUT2D eigenvalue weighted by atomic mass is 32.2. The third-order valence-electron chi connectivity index (χ3n) is 2.60. The van der Waals surface area contributed by atoms with Crippen LogP contribution < -0.4 is 10.6 Å². The summed E-state index contributed by atoms with van der Waals surface area (Å²) in [4.78, 5) is 23.3. The summed E-state index contributed by atoms with van der Waals surface area (Å²) in [6.07, 6.45) is 0. The Kier molecular flexibility index (Phi) is 3.88. The number of thioether (sulfide) groups is 1. The van der Waals surface area contributed by atoms with E-state index in [1.165, 1.54) is 18.7 Å². The summed E-state index contributed by atoms with van der Waals surface area (Å²) in [7, 11) is 0. The molecule has 5 nitrogen and oxygen atoms in total. The zero-order chi connectivity index (χ0) is 13.1. The van der Waals surface area contributed by atoms with Crippen LogP contribution in [0, 0.1) is 0 Å². The predicted molar refractivity (Wildman–Crippen MR) is 69.4 cm³/mol. The van der Waals surface area contributed by atoms with Crippen molar-refractivity contribution < 1.29 is 14.7 Å². The molecule has 0 aliphatic carbocycles. The van der Waals surface area contributed by atoms with Crippen molar-refractivity contribution in [3.8, 4) is 0 Å². The maximum absolute atomic E-state index is 11.3. The van der Waals surface area contributed by atoms with Crippen molar-refractivity contribution >= 4 is 29.3 Å². The van der Waals surface area contributed by atoms with Crippen LogP contribution in [0.3, 0.4) is 0 Å². The third-order valence-corrected chi connectivity index (χ3v) is 3.67. The fourth-order valence-electron chi connectivity index (χ4n) is 1.80. The van der Waals surface area contributed by atoms with E-state index in [2.05, 4.69) is 10.6 Å². The van der Waals surface area contributed by atoms with Gasteiger partial charge in [0.05, 0.1) is 24.1 Å². The van der Waals surface area contributed by atoms with E-state index < -0.39 is 6.04 Å². The molecule has 1 aromatic carbocycles. The maximum Gasteiger partial charge on any atom is 0.234 e. The average Bonchev–Trinajstić information content (AvgIpc) is 2.34. The Morgan fingerprint density at radius 3 is 3.06 bits per heavy atom. The first-order valence-electron chi connectivity index (χ1n) is 5.54. The second-order valence-electron chi connectivity index (χ2n) is 4.03. The van der Waals surface area contributed by atoms with Crippen LogP contribution in [0.1, 0.15) is 18.5 Å². The van der Waals surface area contributed by atoms with Crippen LogP contribution in [0.2, 0.25) is 0 Å². The number of carbonyl (C=O) groups is 2. The molecule has 0 aromatic heterocycles. The van der Waals surface area contributed by atoms with Crippen molar-refractivity contribution in [3.05, 3.63) is 23.8 Å². The Bertz CT molecular complexity index is 490. The Balaban J connectivity index is 2.26. The fraction of sp³-hybridized carbons (Fsp3) is 0.333. The number of anilines is 1. The van der Waals surface area contributed by atoms with Gasteiger partial charge in [-0.3, -0.25) is 9.59 Å². The Labute approximate surface area is 109 Å². The van der Waals surface area contributed by atoms with Crippen molar-refractivity contribution in [2.45, 2.75) is 17.9 Å². The molecule has 1 aliphatic rings. The van der Waals surface area contributed by atoms with E-state index in [1.807, 2.05) is 12.1 Å². The molecular weight excluding hydrogens is 252 g/mol. The van der Waals surface area contributed by atoms with Crippen LogP contribution in [0.4, 0.5) is 5.69 Å². The molecule has 1 heterocycles. The van der Waals surface area contributed by atoms with Gasteiger partial charge in [0.2, 0.25) is 11.8 Å². The number of hydrogen-bond acceptors (Lipinski definition) is 4. The molecule has 18 heavy (non-hydrogen) atoms. The smallest absolute Gasteiger partial charge is 0.234 e. The molecule has 6 heteroatoms. The standard InChI is InChI=1S/C12H14N2O3S/c1-7(16)13-10(5-15)8-2-3-11-9(4-8)14-12(17)6-18-11/h2-4,10,15H,5-6H2,1H3,(H,13,16)(H,14,17). The zero-order valence-corrected chi connectivity index (χ0v) is 10.7. The molecule has 0 bridgehead atoms. The Morgan fingerprint density at radius 1 is 1.61 bits per heavy atom. The second-order valence-corrected chi connectivity index (χ2v) is 5.05. The van der Waals surface area contributed by atoms with E-state index in [1.54, 1.807) is 6.07 Å². The van der Waals surface area contributed by atoms with Crippen LogP contribution in [0.15, 0.2) is 23.1 Å². The molecule has 0 radical (unpaired) electrons. The molecule has 1 atom stereocenters. The first-order chi connectivity index (χ1) is 8.60. The summed E-state index contributed by atoms with van der Waals surface area (Å²) in [6, 6.07) is 5.08. The zero-order valence-electron chi connectivity index (χ0n) is 9.90. The number of rotatable bonds is 3. The van der Waals surface area contributed by atoms with E-state index >= 15 is 0 Å². The van der Waals surface area contributed by atoms with Crippen molar-refractivity contribution in [1.29, 1.82) is 0 Å². The fourth-order valence-corrected chi connectivity index (χ4v) is 2.59. The summed E-state index contributed by atoms with van der Waals surface area (Å²) in [6.45, 7) is 1.22. The van der Waals surface area contributed by atoms with Gasteiger partial charge in [-0.1, -0.05) is 6.07 Å². The topological polar surface area (TPSA) is 78.4 Å². The SMILES string of the molecule is CC(=O)NC(CO)c1ccc2c(c1)NC(=O)CS2. The number of fused-ring (bicyclic) bond motifs is 1. The van der Waals surface area contributed by atoms with Gasteiger partial charge in [-0.15, -0.1) is 11.8 Å². The molecule has 1 aromatic rings. The normalized spacial score (nSPS) is 15.6. The van der Waals surface area contributed by atoms with Crippen LogP contribution >= 0.6 is 11.8 Å². The lowest BCUT2D eigenvalue weighted by Crippen LogP contribution is -2.29. The van der Waals surface area contributed by atoms with Crippen LogP contribution in [0.5, 0.6) is 0 Å². The lowest BCUT2D eigenvalue weighted by atomic mass is 10.1. The average molecular weight is 266 g/mol. The Hall–Kier alpha value is -1.53. The summed E-state index contributed by atoms with van der Waals surface area (Å²) in [5, 5.41) is 14.7. The molecular formula is C12H14N2O3S. The Morgan fingerprint density at radius 2 is 2.39 bits per heavy atom. The van der Waals surface area contributed by atoms with Crippen LogP contribution in [0.25, 0.3) is 0 Å². The molecule has 0 fully saturated rings. The van der Waals surface area contributed by atoms with Gasteiger partial charge in [0, 0.05) is 11.8 Å². The van der Waals surface area contributed by atoms with E-state index in [0.717, 1.165) is 16.1 Å². The molecule has 2 rings (SSSR count). The van der Waals surface area contributed by atoms with E-state index in [-0.39, 0.29) is 18.4 Å². The predicted octanol–water partition coefficient (Wildman–Crippen LogP) is 0.900. The third kappa shape index (κ3) is 2.83. The van der Waals surface area contributed by atoms with Gasteiger partial charge in [-0.2, -0.15) is 0 Å². The summed E-state index contributed by atoms with van der Waals surface area (Å²) in [5.74, 6) is 0.177. The minimum absolute atomic E-state index is 0.0373. The lowest BCUT2D eigenvalue weighted by molar-refractivity contribution is -0.120. The summed E-state index contributed by atoms with van der Waals surface area (Å²) in [5.41, 5.74) is 1.51. The summed E-state index contributed by atoms with van der Waals surface area (Å²) >= 11 is 1.48. The van der Waals surface area contributed by atoms with Gasteiger partial charge in [-0.05, 0) is 17.7 Å². The van der Waals surface area contributed by atoms with E-state index in [4.69, 9.17) is 0 Å². The van der Waals surface area contributed by atoms with Gasteiger partial charge in [0.1, 0.15) is 0 Å². The van der Waals surface area contributed by atoms with Gasteiger partial charge in [-0.25, -0.2) is 0 Å². The van der Waals surface area contributed by atoms with E-state index in [0.29, 0.717) is 5.75 Å². The molecule has 1 aliphatic heterocycles. The highest BCUT2D eigenvalue weighted by Gasteiger charge is 2.18. The molecule has 0 spiro atoms. The highest BCUT2D eigenvalue weighted by molar-refractivity contribution is 8.00. The molecule has 3 N–H and O–H groups in total. The van der Waals surface area contributed by atoms with Gasteiger partial charge in [0.25, 0.3) is 0 Å². The summed E-state index contributed by atoms with van der Waals surface area (Å²) < 4.78 is 0. The van der Waals surface area contributed by atoms with Crippen molar-refractivity contribution in [2.75, 3.05) is 17.7 Å². The molecule has 1 unspecified atom stereocenters. The van der Waals surface area contributed by atoms with Crippen LogP contribution in [-0.4, -0.2) is 29.3 Å². The number of benzene rings is 1. The molecule has 2 amide bonds. The number of aliphatic hydroxyl groups is 1. The second kappa shape index (κ2) is 5.41. The van der Waals surface area contributed by atoms with Gasteiger partial charge >= 0.3 is 0 Å². The van der Waals surface area contributed by atoms with Gasteiger partial charge < -0.3 is 15.7 Å². The van der Waals surface area contributed by atoms with Crippen molar-refractivity contribution in [2.24, 2.45) is 0 Å². The van der Waals surface area contributed by atoms with Crippen LogP contribution in [-0.2, 0) is 9.59 Å². The van der Waals surface area contributed by atoms with Crippen molar-refractivity contribution in [1.82, 2.24) is 5.32 Å². The lowest BCUT2D eigenvalue weighted by Gasteiger charge is -2.20. The van der Waals surface area contributed by atoms with Gasteiger partial charge in [0.15, 0.2) is 0 Å². The molecule has 0 saturated heterocycles. The minimum atomic E-state index is -0.448. The van der Waals surface area contributed by atoms with Crippen molar-refractivity contribution in [3.63, 3.8) is 0 Å². The van der Waals surface area contributed by atoms with E-state index in [9.17, 15) is 14.7 Å². The number of carbonyl (C=O) groups excluding carboxylic acids is 2. The maximum atomic E-state index is 11.3. The quantitative estimate of drug-likeness (QED) is 0.759. The number of aliphatic hydroxyl groups excluding tert-OH is 1. The number of nitrogens with one attached hydrogen (secondary N) is 2. The largest absolute Gasteiger partial charge is 0.394 e. The number of amides is 2. The first-order valence-corrected chi connectivity index (χ1v) is 6.53. The molecule has 0 saturated carbocycles. The monoisotopic (exact) mass is 266 g/mol. The molecule has 96 valence electrons. The minimum Gasteiger partial charge on any atom is -0.394 e. The number of hydrogen-bond donors (Lipinski definition) is 3.